The highest BCUT2D eigenvalue weighted by Crippen LogP contribution is 2.38. The summed E-state index contributed by atoms with van der Waals surface area (Å²) in [4.78, 5) is 23.6. The Morgan fingerprint density at radius 1 is 1.19 bits per heavy atom. The number of carbonyl (C=O) groups is 2. The molecule has 2 heterocycles. The van der Waals surface area contributed by atoms with E-state index in [1.807, 2.05) is 18.2 Å². The van der Waals surface area contributed by atoms with Gasteiger partial charge in [0.1, 0.15) is 0 Å². The number of amides is 2. The number of nitrogens with one attached hydrogen (secondary N) is 2. The first-order valence-corrected chi connectivity index (χ1v) is 8.49. The van der Waals surface area contributed by atoms with Crippen LogP contribution in [-0.2, 0) is 22.4 Å². The van der Waals surface area contributed by atoms with E-state index in [-0.39, 0.29) is 31.0 Å². The van der Waals surface area contributed by atoms with E-state index in [1.165, 1.54) is 0 Å². The maximum absolute atomic E-state index is 12.2. The molecule has 0 aromatic heterocycles. The molecule has 2 aliphatic heterocycles. The van der Waals surface area contributed by atoms with Crippen molar-refractivity contribution in [2.75, 3.05) is 23.2 Å². The van der Waals surface area contributed by atoms with Gasteiger partial charge in [-0.05, 0) is 30.0 Å². The molecule has 0 fully saturated rings. The highest BCUT2D eigenvalue weighted by Gasteiger charge is 2.18. The van der Waals surface area contributed by atoms with Crippen LogP contribution < -0.4 is 25.8 Å². The molecule has 0 unspecified atom stereocenters. The van der Waals surface area contributed by atoms with Crippen LogP contribution in [0.4, 0.5) is 17.1 Å². The molecule has 27 heavy (non-hydrogen) atoms. The topological polar surface area (TPSA) is 103 Å². The van der Waals surface area contributed by atoms with Gasteiger partial charge >= 0.3 is 0 Å². The second kappa shape index (κ2) is 7.75. The van der Waals surface area contributed by atoms with Gasteiger partial charge in [-0.3, -0.25) is 9.59 Å². The van der Waals surface area contributed by atoms with Crippen LogP contribution in [0.25, 0.3) is 0 Å². The van der Waals surface area contributed by atoms with Gasteiger partial charge in [0.2, 0.25) is 18.6 Å². The average molecular weight is 390 g/mol. The fourth-order valence-electron chi connectivity index (χ4n) is 3.17. The van der Waals surface area contributed by atoms with Crippen molar-refractivity contribution in [3.8, 4) is 11.5 Å². The normalized spacial score (nSPS) is 13.6. The van der Waals surface area contributed by atoms with Crippen LogP contribution in [0.2, 0.25) is 0 Å². The Bertz CT molecular complexity index is 901. The van der Waals surface area contributed by atoms with Crippen molar-refractivity contribution >= 4 is 41.3 Å². The first-order chi connectivity index (χ1) is 12.6. The van der Waals surface area contributed by atoms with E-state index in [2.05, 4.69) is 10.6 Å². The number of hydrogen-bond acceptors (Lipinski definition) is 5. The molecule has 142 valence electrons. The Kier molecular flexibility index (Phi) is 5.41. The molecule has 0 aliphatic carbocycles. The van der Waals surface area contributed by atoms with Gasteiger partial charge in [0.05, 0.1) is 17.8 Å². The van der Waals surface area contributed by atoms with E-state index in [1.54, 1.807) is 12.1 Å². The van der Waals surface area contributed by atoms with Gasteiger partial charge in [-0.15, -0.1) is 12.4 Å². The minimum Gasteiger partial charge on any atom is -0.454 e. The first-order valence-electron chi connectivity index (χ1n) is 8.49. The number of carbonyl (C=O) groups excluding carboxylic acids is 2. The average Bonchev–Trinajstić information content (AvgIpc) is 3.19. The van der Waals surface area contributed by atoms with Crippen molar-refractivity contribution in [2.24, 2.45) is 0 Å². The van der Waals surface area contributed by atoms with Crippen molar-refractivity contribution < 1.29 is 19.1 Å². The predicted octanol–water partition coefficient (Wildman–Crippen LogP) is 2.88. The molecular weight excluding hydrogens is 370 g/mol. The molecule has 0 saturated carbocycles. The smallest absolute Gasteiger partial charge is 0.231 e. The second-order valence-corrected chi connectivity index (χ2v) is 6.41. The highest BCUT2D eigenvalue weighted by atomic mass is 35.5. The monoisotopic (exact) mass is 389 g/mol. The third-order valence-electron chi connectivity index (χ3n) is 4.48. The van der Waals surface area contributed by atoms with Crippen LogP contribution in [-0.4, -0.2) is 18.6 Å². The van der Waals surface area contributed by atoms with Crippen LogP contribution in [0.3, 0.4) is 0 Å². The molecule has 2 amide bonds. The van der Waals surface area contributed by atoms with Crippen molar-refractivity contribution in [1.29, 1.82) is 0 Å². The second-order valence-electron chi connectivity index (χ2n) is 6.41. The lowest BCUT2D eigenvalue weighted by molar-refractivity contribution is -0.116. The maximum atomic E-state index is 12.2. The zero-order valence-corrected chi connectivity index (χ0v) is 15.4. The van der Waals surface area contributed by atoms with Crippen molar-refractivity contribution in [2.45, 2.75) is 25.7 Å². The van der Waals surface area contributed by atoms with Crippen LogP contribution in [0, 0.1) is 0 Å². The summed E-state index contributed by atoms with van der Waals surface area (Å²) in [6.07, 6.45) is 2.27. The molecule has 2 aromatic rings. The summed E-state index contributed by atoms with van der Waals surface area (Å²) in [5, 5.41) is 5.63. The molecule has 2 aliphatic rings. The predicted molar refractivity (Wildman–Crippen MR) is 105 cm³/mol. The number of nitrogens with two attached hydrogens (primary N) is 1. The molecule has 0 atom stereocenters. The lowest BCUT2D eigenvalue weighted by Gasteiger charge is -2.09. The van der Waals surface area contributed by atoms with Crippen molar-refractivity contribution in [3.63, 3.8) is 0 Å². The Balaban J connectivity index is 0.00000210. The van der Waals surface area contributed by atoms with Gasteiger partial charge < -0.3 is 25.8 Å². The lowest BCUT2D eigenvalue weighted by atomic mass is 10.0. The Hall–Kier alpha value is -2.93. The first kappa shape index (κ1) is 18.8. The number of halogens is 1. The molecule has 0 spiro atoms. The van der Waals surface area contributed by atoms with E-state index in [0.29, 0.717) is 42.1 Å². The van der Waals surface area contributed by atoms with Crippen molar-refractivity contribution in [1.82, 2.24) is 0 Å². The van der Waals surface area contributed by atoms with Crippen molar-refractivity contribution in [3.05, 3.63) is 41.5 Å². The number of nitrogen functional groups attached to an aromatic ring is 1. The van der Waals surface area contributed by atoms with Gasteiger partial charge in [-0.2, -0.15) is 0 Å². The van der Waals surface area contributed by atoms with E-state index >= 15 is 0 Å². The molecule has 0 saturated heterocycles. The quantitative estimate of drug-likeness (QED) is 0.682. The highest BCUT2D eigenvalue weighted by molar-refractivity contribution is 5.99. The molecule has 8 heteroatoms. The molecule has 0 bridgehead atoms. The van der Waals surface area contributed by atoms with Crippen LogP contribution in [0.5, 0.6) is 11.5 Å². The van der Waals surface area contributed by atoms with Gasteiger partial charge in [-0.1, -0.05) is 12.1 Å². The maximum Gasteiger partial charge on any atom is 0.231 e. The molecule has 4 rings (SSSR count). The van der Waals surface area contributed by atoms with Crippen LogP contribution in [0.15, 0.2) is 30.3 Å². The van der Waals surface area contributed by atoms with Crippen LogP contribution in [0.1, 0.15) is 24.0 Å². The number of fused-ring (bicyclic) bond motifs is 2. The third-order valence-corrected chi connectivity index (χ3v) is 4.48. The fraction of sp³-hybridized carbons (Fsp3) is 0.263. The van der Waals surface area contributed by atoms with E-state index in [9.17, 15) is 9.59 Å². The standard InChI is InChI=1S/C19H19N3O4.ClH/c20-13-8-16-17(26-10-25-16)9-15(13)22-18(23)3-1-2-11-4-5-14-12(6-11)7-19(24)21-14;/h4-6,8-9H,1-3,7,10,20H2,(H,21,24)(H,22,23);1H. The summed E-state index contributed by atoms with van der Waals surface area (Å²) >= 11 is 0. The molecule has 0 radical (unpaired) electrons. The van der Waals surface area contributed by atoms with E-state index in [0.717, 1.165) is 23.2 Å². The molecule has 7 nitrogen and oxygen atoms in total. The molecule has 4 N–H and O–H groups in total. The SMILES string of the molecule is Cl.Nc1cc2c(cc1NC(=O)CCCc1ccc3c(c1)CC(=O)N3)OCO2. The van der Waals surface area contributed by atoms with Crippen LogP contribution >= 0.6 is 12.4 Å². The van der Waals surface area contributed by atoms with E-state index < -0.39 is 0 Å². The lowest BCUT2D eigenvalue weighted by Crippen LogP contribution is -2.13. The number of hydrogen-bond donors (Lipinski definition) is 3. The number of aryl methyl sites for hydroxylation is 1. The number of rotatable bonds is 5. The Morgan fingerprint density at radius 2 is 1.96 bits per heavy atom. The minimum atomic E-state index is -0.103. The van der Waals surface area contributed by atoms with Gasteiger partial charge in [-0.25, -0.2) is 0 Å². The summed E-state index contributed by atoms with van der Waals surface area (Å²) in [7, 11) is 0. The molecule has 2 aromatic carbocycles. The Morgan fingerprint density at radius 3 is 2.78 bits per heavy atom. The van der Waals surface area contributed by atoms with Gasteiger partial charge in [0.15, 0.2) is 11.5 Å². The molecular formula is C19H20ClN3O4. The number of anilines is 3. The Labute approximate surface area is 162 Å². The van der Waals surface area contributed by atoms with E-state index in [4.69, 9.17) is 15.2 Å². The van der Waals surface area contributed by atoms with Gasteiger partial charge in [0.25, 0.3) is 0 Å². The fourth-order valence-corrected chi connectivity index (χ4v) is 3.17. The zero-order chi connectivity index (χ0) is 18.1. The summed E-state index contributed by atoms with van der Waals surface area (Å²) in [6.45, 7) is 0.161. The zero-order valence-electron chi connectivity index (χ0n) is 14.5. The summed E-state index contributed by atoms with van der Waals surface area (Å²) in [5.41, 5.74) is 9.94. The summed E-state index contributed by atoms with van der Waals surface area (Å²) in [5.74, 6) is 1.09. The number of benzene rings is 2. The minimum absolute atomic E-state index is 0. The third kappa shape index (κ3) is 4.09. The summed E-state index contributed by atoms with van der Waals surface area (Å²) < 4.78 is 10.6. The number of ether oxygens (including phenoxy) is 2. The largest absolute Gasteiger partial charge is 0.454 e. The summed E-state index contributed by atoms with van der Waals surface area (Å²) in [6, 6.07) is 9.26. The van der Waals surface area contributed by atoms with Gasteiger partial charge in [0, 0.05) is 24.2 Å².